The Morgan fingerprint density at radius 2 is 1.68 bits per heavy atom. The van der Waals surface area contributed by atoms with Gasteiger partial charge in [0, 0.05) is 22.7 Å². The van der Waals surface area contributed by atoms with Gasteiger partial charge in [-0.1, -0.05) is 42.5 Å². The largest absolute Gasteiger partial charge is 0.296 e. The van der Waals surface area contributed by atoms with Crippen LogP contribution in [0.1, 0.15) is 11.3 Å². The quantitative estimate of drug-likeness (QED) is 0.431. The Labute approximate surface area is 110 Å². The Bertz CT molecular complexity index is 963. The third-order valence-corrected chi connectivity index (χ3v) is 4.29. The third kappa shape index (κ3) is 1.05. The van der Waals surface area contributed by atoms with Gasteiger partial charge in [-0.15, -0.1) is 0 Å². The molecule has 0 radical (unpaired) electrons. The fourth-order valence-corrected chi connectivity index (χ4v) is 3.45. The van der Waals surface area contributed by atoms with Gasteiger partial charge in [0.15, 0.2) is 0 Å². The molecule has 5 rings (SSSR count). The molecular formula is C17H12N2. The molecule has 4 aromatic rings. The Morgan fingerprint density at radius 1 is 0.842 bits per heavy atom. The lowest BCUT2D eigenvalue weighted by Crippen LogP contribution is -2.06. The van der Waals surface area contributed by atoms with Gasteiger partial charge in [-0.2, -0.15) is 0 Å². The first-order valence-electron chi connectivity index (χ1n) is 6.72. The summed E-state index contributed by atoms with van der Waals surface area (Å²) in [4.78, 5) is 4.66. The topological polar surface area (TPSA) is 17.3 Å². The molecule has 0 unspecified atom stereocenters. The maximum Gasteiger partial charge on any atom is 0.145 e. The van der Waals surface area contributed by atoms with Crippen LogP contribution in [0.4, 0.5) is 0 Å². The predicted molar refractivity (Wildman–Crippen MR) is 77.6 cm³/mol. The molecule has 0 aliphatic carbocycles. The fraction of sp³-hybridized carbons (Fsp3) is 0.118. The van der Waals surface area contributed by atoms with Crippen molar-refractivity contribution in [2.45, 2.75) is 12.8 Å². The number of imidazole rings is 1. The van der Waals surface area contributed by atoms with Crippen molar-refractivity contribution in [3.05, 3.63) is 59.9 Å². The van der Waals surface area contributed by atoms with E-state index in [0.717, 1.165) is 18.5 Å². The highest BCUT2D eigenvalue weighted by molar-refractivity contribution is 6.12. The maximum absolute atomic E-state index is 4.66. The number of para-hydroxylation sites is 1. The predicted octanol–water partition coefficient (Wildman–Crippen LogP) is 3.74. The minimum absolute atomic E-state index is 1.09. The molecule has 0 fully saturated rings. The summed E-state index contributed by atoms with van der Waals surface area (Å²) >= 11 is 0. The van der Waals surface area contributed by atoms with Crippen molar-refractivity contribution in [3.63, 3.8) is 0 Å². The first kappa shape index (κ1) is 9.56. The number of fused-ring (bicyclic) bond motifs is 3. The van der Waals surface area contributed by atoms with Gasteiger partial charge in [0.1, 0.15) is 5.65 Å². The van der Waals surface area contributed by atoms with Gasteiger partial charge in [0.05, 0.1) is 5.52 Å². The minimum atomic E-state index is 1.09. The molecule has 3 heterocycles. The lowest BCUT2D eigenvalue weighted by Gasteiger charge is -2.17. The fourth-order valence-electron chi connectivity index (χ4n) is 3.45. The summed E-state index contributed by atoms with van der Waals surface area (Å²) in [5.74, 6) is 0. The zero-order chi connectivity index (χ0) is 12.4. The van der Waals surface area contributed by atoms with Crippen LogP contribution in [-0.4, -0.2) is 9.38 Å². The average Bonchev–Trinajstić information content (AvgIpc) is 2.91. The molecule has 2 nitrogen and oxygen atoms in total. The van der Waals surface area contributed by atoms with Gasteiger partial charge in [-0.05, 0) is 23.8 Å². The first-order chi connectivity index (χ1) is 9.43. The van der Waals surface area contributed by atoms with Gasteiger partial charge >= 0.3 is 0 Å². The van der Waals surface area contributed by atoms with Crippen LogP contribution in [0.5, 0.6) is 0 Å². The Kier molecular flexibility index (Phi) is 1.59. The monoisotopic (exact) mass is 244 g/mol. The van der Waals surface area contributed by atoms with Gasteiger partial charge in [-0.3, -0.25) is 4.40 Å². The summed E-state index contributed by atoms with van der Waals surface area (Å²) < 4.78 is 2.36. The number of pyridine rings is 1. The molecule has 90 valence electrons. The molecule has 19 heavy (non-hydrogen) atoms. The standard InChI is InChI=1S/C17H12N2/c1-2-6-15-13(5-1)14-7-3-4-11-8-9-12-10-18-17(15)19(12)16(11)14/h1-7,10H,8-9H2. The number of rotatable bonds is 0. The van der Waals surface area contributed by atoms with Crippen molar-refractivity contribution in [2.24, 2.45) is 0 Å². The van der Waals surface area contributed by atoms with Crippen LogP contribution in [0.3, 0.4) is 0 Å². The number of hydrogen-bond donors (Lipinski definition) is 0. The highest BCUT2D eigenvalue weighted by Crippen LogP contribution is 2.34. The smallest absolute Gasteiger partial charge is 0.145 e. The Balaban J connectivity index is 2.27. The molecule has 0 N–H and O–H groups in total. The molecule has 0 bridgehead atoms. The summed E-state index contributed by atoms with van der Waals surface area (Å²) in [5.41, 5.74) is 5.24. The van der Waals surface area contributed by atoms with E-state index in [2.05, 4.69) is 51.8 Å². The zero-order valence-corrected chi connectivity index (χ0v) is 10.4. The van der Waals surface area contributed by atoms with Crippen molar-refractivity contribution < 1.29 is 0 Å². The molecule has 0 amide bonds. The van der Waals surface area contributed by atoms with E-state index in [1.807, 2.05) is 6.20 Å². The van der Waals surface area contributed by atoms with E-state index in [9.17, 15) is 0 Å². The summed E-state index contributed by atoms with van der Waals surface area (Å²) in [6, 6.07) is 15.2. The first-order valence-corrected chi connectivity index (χ1v) is 6.72. The molecular weight excluding hydrogens is 232 g/mol. The maximum atomic E-state index is 4.66. The van der Waals surface area contributed by atoms with Gasteiger partial charge in [0.2, 0.25) is 0 Å². The molecule has 2 aromatic heterocycles. The van der Waals surface area contributed by atoms with Crippen LogP contribution in [0.2, 0.25) is 0 Å². The van der Waals surface area contributed by atoms with E-state index >= 15 is 0 Å². The van der Waals surface area contributed by atoms with E-state index in [0.29, 0.717) is 0 Å². The van der Waals surface area contributed by atoms with E-state index < -0.39 is 0 Å². The highest BCUT2D eigenvalue weighted by Gasteiger charge is 2.18. The third-order valence-electron chi connectivity index (χ3n) is 4.29. The van der Waals surface area contributed by atoms with Crippen LogP contribution in [0.15, 0.2) is 48.7 Å². The molecule has 0 spiro atoms. The van der Waals surface area contributed by atoms with Gasteiger partial charge in [0.25, 0.3) is 0 Å². The molecule has 0 saturated heterocycles. The molecule has 0 atom stereocenters. The lowest BCUT2D eigenvalue weighted by atomic mass is 9.97. The Hall–Kier alpha value is -2.35. The number of hydrogen-bond acceptors (Lipinski definition) is 1. The Morgan fingerprint density at radius 3 is 2.63 bits per heavy atom. The van der Waals surface area contributed by atoms with Crippen molar-refractivity contribution in [2.75, 3.05) is 0 Å². The van der Waals surface area contributed by atoms with Crippen LogP contribution >= 0.6 is 0 Å². The second kappa shape index (κ2) is 3.15. The normalized spacial score (nSPS) is 13.9. The zero-order valence-electron chi connectivity index (χ0n) is 10.4. The average molecular weight is 244 g/mol. The van der Waals surface area contributed by atoms with Crippen LogP contribution in [0, 0.1) is 0 Å². The molecule has 2 heteroatoms. The molecule has 1 aliphatic heterocycles. The molecule has 2 aromatic carbocycles. The van der Waals surface area contributed by atoms with Gasteiger partial charge < -0.3 is 0 Å². The van der Waals surface area contributed by atoms with E-state index in [1.165, 1.54) is 32.9 Å². The van der Waals surface area contributed by atoms with E-state index in [1.54, 1.807) is 0 Å². The van der Waals surface area contributed by atoms with E-state index in [4.69, 9.17) is 0 Å². The van der Waals surface area contributed by atoms with Crippen molar-refractivity contribution in [1.29, 1.82) is 0 Å². The summed E-state index contributed by atoms with van der Waals surface area (Å²) in [5, 5.41) is 3.91. The van der Waals surface area contributed by atoms with E-state index in [-0.39, 0.29) is 0 Å². The second-order valence-corrected chi connectivity index (χ2v) is 5.27. The lowest BCUT2D eigenvalue weighted by molar-refractivity contribution is 0.877. The second-order valence-electron chi connectivity index (χ2n) is 5.27. The summed E-state index contributed by atoms with van der Waals surface area (Å²) in [6.45, 7) is 0. The number of benzene rings is 2. The van der Waals surface area contributed by atoms with Crippen molar-refractivity contribution >= 4 is 27.3 Å². The number of aryl methyl sites for hydroxylation is 2. The summed E-state index contributed by atoms with van der Waals surface area (Å²) in [7, 11) is 0. The molecule has 1 aliphatic rings. The number of nitrogens with zero attached hydrogens (tertiary/aromatic N) is 2. The minimum Gasteiger partial charge on any atom is -0.296 e. The molecule has 0 saturated carbocycles. The summed E-state index contributed by atoms with van der Waals surface area (Å²) in [6.07, 6.45) is 4.25. The van der Waals surface area contributed by atoms with Crippen LogP contribution < -0.4 is 0 Å². The van der Waals surface area contributed by atoms with Crippen LogP contribution in [0.25, 0.3) is 27.3 Å². The SMILES string of the molecule is c1ccc2c(c1)c1cccc3c1n1c(cnc21)CC3. The van der Waals surface area contributed by atoms with Gasteiger partial charge in [-0.25, -0.2) is 4.98 Å². The van der Waals surface area contributed by atoms with Crippen LogP contribution in [-0.2, 0) is 12.8 Å². The van der Waals surface area contributed by atoms with Crippen molar-refractivity contribution in [3.8, 4) is 0 Å². The highest BCUT2D eigenvalue weighted by atomic mass is 15.0. The van der Waals surface area contributed by atoms with Crippen molar-refractivity contribution in [1.82, 2.24) is 9.38 Å². The number of aromatic nitrogens is 2.